The van der Waals surface area contributed by atoms with Gasteiger partial charge in [0.25, 0.3) is 0 Å². The second-order valence-corrected chi connectivity index (χ2v) is 4.43. The highest BCUT2D eigenvalue weighted by Gasteiger charge is 2.01. The van der Waals surface area contributed by atoms with Gasteiger partial charge in [0.05, 0.1) is 0 Å². The van der Waals surface area contributed by atoms with E-state index in [0.29, 0.717) is 6.61 Å². The maximum absolute atomic E-state index is 5.50. The van der Waals surface area contributed by atoms with Crippen LogP contribution in [0.5, 0.6) is 0 Å². The molecule has 1 N–H and O–H groups in total. The van der Waals surface area contributed by atoms with E-state index in [1.807, 2.05) is 7.05 Å². The SMILES string of the molecule is CCCCCCOCc1nnc(NC)s1. The average molecular weight is 229 g/mol. The zero-order valence-electron chi connectivity index (χ0n) is 9.45. The lowest BCUT2D eigenvalue weighted by molar-refractivity contribution is 0.116. The van der Waals surface area contributed by atoms with Crippen molar-refractivity contribution in [2.24, 2.45) is 0 Å². The van der Waals surface area contributed by atoms with Crippen LogP contribution in [0.3, 0.4) is 0 Å². The van der Waals surface area contributed by atoms with Crippen LogP contribution >= 0.6 is 11.3 Å². The van der Waals surface area contributed by atoms with Gasteiger partial charge in [-0.3, -0.25) is 0 Å². The molecule has 0 aliphatic carbocycles. The van der Waals surface area contributed by atoms with Crippen LogP contribution in [0.1, 0.15) is 37.6 Å². The summed E-state index contributed by atoms with van der Waals surface area (Å²) in [6.07, 6.45) is 4.97. The number of hydrogen-bond donors (Lipinski definition) is 1. The fourth-order valence-corrected chi connectivity index (χ4v) is 1.83. The summed E-state index contributed by atoms with van der Waals surface area (Å²) in [6, 6.07) is 0. The summed E-state index contributed by atoms with van der Waals surface area (Å²) in [5.74, 6) is 0. The van der Waals surface area contributed by atoms with Gasteiger partial charge in [0.2, 0.25) is 5.13 Å². The van der Waals surface area contributed by atoms with E-state index in [1.165, 1.54) is 19.3 Å². The Balaban J connectivity index is 2.04. The summed E-state index contributed by atoms with van der Waals surface area (Å²) in [6.45, 7) is 3.63. The van der Waals surface area contributed by atoms with E-state index in [4.69, 9.17) is 4.74 Å². The third-order valence-corrected chi connectivity index (χ3v) is 2.96. The summed E-state index contributed by atoms with van der Waals surface area (Å²) in [5.41, 5.74) is 0. The number of ether oxygens (including phenoxy) is 1. The van der Waals surface area contributed by atoms with E-state index in [1.54, 1.807) is 11.3 Å². The first-order valence-electron chi connectivity index (χ1n) is 5.44. The highest BCUT2D eigenvalue weighted by molar-refractivity contribution is 7.15. The monoisotopic (exact) mass is 229 g/mol. The standard InChI is InChI=1S/C10H19N3OS/c1-3-4-5-6-7-14-8-9-12-13-10(11-2)15-9/h3-8H2,1-2H3,(H,11,13). The molecule has 0 amide bonds. The molecule has 0 aliphatic heterocycles. The number of anilines is 1. The van der Waals surface area contributed by atoms with Crippen LogP contribution in [0.2, 0.25) is 0 Å². The van der Waals surface area contributed by atoms with Crippen molar-refractivity contribution in [3.63, 3.8) is 0 Å². The van der Waals surface area contributed by atoms with Crippen molar-refractivity contribution in [2.45, 2.75) is 39.2 Å². The van der Waals surface area contributed by atoms with Crippen LogP contribution in [-0.4, -0.2) is 23.9 Å². The predicted octanol–water partition coefficient (Wildman–Crippen LogP) is 2.68. The molecule has 1 aromatic heterocycles. The molecule has 0 fully saturated rings. The molecule has 1 heterocycles. The van der Waals surface area contributed by atoms with Gasteiger partial charge in [-0.15, -0.1) is 10.2 Å². The Labute approximate surface area is 95.1 Å². The highest BCUT2D eigenvalue weighted by Crippen LogP contribution is 2.14. The summed E-state index contributed by atoms with van der Waals surface area (Å²) in [4.78, 5) is 0. The number of nitrogens with zero attached hydrogens (tertiary/aromatic N) is 2. The molecule has 0 atom stereocenters. The van der Waals surface area contributed by atoms with Crippen molar-refractivity contribution in [1.29, 1.82) is 0 Å². The van der Waals surface area contributed by atoms with Gasteiger partial charge in [0.15, 0.2) is 0 Å². The number of nitrogens with one attached hydrogen (secondary N) is 1. The molecular weight excluding hydrogens is 210 g/mol. The van der Waals surface area contributed by atoms with Crippen molar-refractivity contribution in [3.8, 4) is 0 Å². The Morgan fingerprint density at radius 3 is 2.80 bits per heavy atom. The number of unbranched alkanes of at least 4 members (excludes halogenated alkanes) is 3. The van der Waals surface area contributed by atoms with Gasteiger partial charge in [-0.2, -0.15) is 0 Å². The summed E-state index contributed by atoms with van der Waals surface area (Å²) in [5, 5.41) is 12.7. The normalized spacial score (nSPS) is 10.5. The van der Waals surface area contributed by atoms with E-state index in [9.17, 15) is 0 Å². The third kappa shape index (κ3) is 5.09. The Morgan fingerprint density at radius 1 is 1.27 bits per heavy atom. The fraction of sp³-hybridized carbons (Fsp3) is 0.800. The molecule has 0 saturated carbocycles. The van der Waals surface area contributed by atoms with E-state index >= 15 is 0 Å². The molecule has 4 nitrogen and oxygen atoms in total. The first kappa shape index (κ1) is 12.4. The number of aromatic nitrogens is 2. The molecule has 5 heteroatoms. The lowest BCUT2D eigenvalue weighted by Gasteiger charge is -2.00. The van der Waals surface area contributed by atoms with Gasteiger partial charge in [0, 0.05) is 13.7 Å². The molecule has 0 radical (unpaired) electrons. The summed E-state index contributed by atoms with van der Waals surface area (Å²) in [7, 11) is 1.84. The molecule has 1 rings (SSSR count). The maximum atomic E-state index is 5.50. The second-order valence-electron chi connectivity index (χ2n) is 3.36. The van der Waals surface area contributed by atoms with Gasteiger partial charge in [0.1, 0.15) is 11.6 Å². The lowest BCUT2D eigenvalue weighted by atomic mass is 10.2. The smallest absolute Gasteiger partial charge is 0.205 e. The first-order chi connectivity index (χ1) is 7.36. The van der Waals surface area contributed by atoms with Crippen LogP contribution < -0.4 is 5.32 Å². The van der Waals surface area contributed by atoms with E-state index < -0.39 is 0 Å². The molecule has 0 unspecified atom stereocenters. The summed E-state index contributed by atoms with van der Waals surface area (Å²) >= 11 is 1.54. The Kier molecular flexibility index (Phi) is 6.27. The van der Waals surface area contributed by atoms with E-state index in [2.05, 4.69) is 22.4 Å². The van der Waals surface area contributed by atoms with Crippen molar-refractivity contribution in [3.05, 3.63) is 5.01 Å². The maximum Gasteiger partial charge on any atom is 0.205 e. The van der Waals surface area contributed by atoms with Crippen LogP contribution in [0.25, 0.3) is 0 Å². The second kappa shape index (κ2) is 7.59. The fourth-order valence-electron chi connectivity index (χ4n) is 1.20. The zero-order valence-corrected chi connectivity index (χ0v) is 10.3. The van der Waals surface area contributed by atoms with Gasteiger partial charge in [-0.05, 0) is 6.42 Å². The average Bonchev–Trinajstić information content (AvgIpc) is 2.71. The van der Waals surface area contributed by atoms with Gasteiger partial charge >= 0.3 is 0 Å². The minimum atomic E-state index is 0.589. The number of hydrogen-bond acceptors (Lipinski definition) is 5. The topological polar surface area (TPSA) is 47.0 Å². The number of rotatable bonds is 8. The molecule has 0 bridgehead atoms. The van der Waals surface area contributed by atoms with Gasteiger partial charge in [-0.25, -0.2) is 0 Å². The zero-order chi connectivity index (χ0) is 10.9. The van der Waals surface area contributed by atoms with Crippen LogP contribution in [0.15, 0.2) is 0 Å². The van der Waals surface area contributed by atoms with E-state index in [-0.39, 0.29) is 0 Å². The Bertz CT molecular complexity index is 265. The van der Waals surface area contributed by atoms with Crippen molar-refractivity contribution < 1.29 is 4.74 Å². The molecule has 0 aliphatic rings. The molecule has 86 valence electrons. The van der Waals surface area contributed by atoms with Gasteiger partial charge < -0.3 is 10.1 Å². The quantitative estimate of drug-likeness (QED) is 0.696. The minimum Gasteiger partial charge on any atom is -0.374 e. The lowest BCUT2D eigenvalue weighted by Crippen LogP contribution is -1.95. The van der Waals surface area contributed by atoms with E-state index in [0.717, 1.165) is 23.2 Å². The molecule has 0 saturated heterocycles. The molecular formula is C10H19N3OS. The molecule has 0 spiro atoms. The van der Waals surface area contributed by atoms with Crippen molar-refractivity contribution >= 4 is 16.5 Å². The van der Waals surface area contributed by atoms with Crippen LogP contribution in [0.4, 0.5) is 5.13 Å². The predicted molar refractivity (Wildman–Crippen MR) is 63.3 cm³/mol. The minimum absolute atomic E-state index is 0.589. The first-order valence-corrected chi connectivity index (χ1v) is 6.26. The molecule has 15 heavy (non-hydrogen) atoms. The highest BCUT2D eigenvalue weighted by atomic mass is 32.1. The molecule has 0 aromatic carbocycles. The van der Waals surface area contributed by atoms with Crippen molar-refractivity contribution in [2.75, 3.05) is 19.0 Å². The summed E-state index contributed by atoms with van der Waals surface area (Å²) < 4.78 is 5.50. The van der Waals surface area contributed by atoms with Gasteiger partial charge in [-0.1, -0.05) is 37.5 Å². The largest absolute Gasteiger partial charge is 0.374 e. The van der Waals surface area contributed by atoms with Crippen molar-refractivity contribution in [1.82, 2.24) is 10.2 Å². The molecule has 1 aromatic rings. The third-order valence-electron chi connectivity index (χ3n) is 2.05. The van der Waals surface area contributed by atoms with Crippen LogP contribution in [0, 0.1) is 0 Å². The Morgan fingerprint density at radius 2 is 2.13 bits per heavy atom. The van der Waals surface area contributed by atoms with Crippen LogP contribution in [-0.2, 0) is 11.3 Å². The Hall–Kier alpha value is -0.680.